The predicted octanol–water partition coefficient (Wildman–Crippen LogP) is 5.29. The largest absolute Gasteiger partial charge is 0.497 e. The zero-order valence-electron chi connectivity index (χ0n) is 22.0. The van der Waals surface area contributed by atoms with E-state index in [0.29, 0.717) is 20.9 Å². The molecular formula is C33H24N2O5S. The van der Waals surface area contributed by atoms with Crippen LogP contribution in [0.2, 0.25) is 0 Å². The number of hydrogen-bond acceptors (Lipinski definition) is 6. The highest BCUT2D eigenvalue weighted by molar-refractivity contribution is 7.07. The normalized spacial score (nSPS) is 16.0. The minimum atomic E-state index is -0.981. The fourth-order valence-electron chi connectivity index (χ4n) is 5.60. The van der Waals surface area contributed by atoms with E-state index in [2.05, 4.69) is 18.2 Å². The highest BCUT2D eigenvalue weighted by atomic mass is 32.1. The molecule has 0 saturated carbocycles. The molecule has 3 heterocycles. The van der Waals surface area contributed by atoms with Crippen LogP contribution in [0.1, 0.15) is 45.3 Å². The Balaban J connectivity index is 1.35. The zero-order chi connectivity index (χ0) is 28.1. The molecule has 1 atom stereocenters. The number of furan rings is 1. The maximum atomic E-state index is 14.0. The van der Waals surface area contributed by atoms with Gasteiger partial charge >= 0.3 is 5.97 Å². The van der Waals surface area contributed by atoms with Crippen molar-refractivity contribution in [3.63, 3.8) is 0 Å². The number of aromatic carboxylic acids is 1. The van der Waals surface area contributed by atoms with Gasteiger partial charge in [0.05, 0.1) is 28.9 Å². The Morgan fingerprint density at radius 2 is 1.80 bits per heavy atom. The number of nitrogens with zero attached hydrogens (tertiary/aromatic N) is 2. The average Bonchev–Trinajstić information content (AvgIpc) is 3.60. The molecule has 5 aromatic rings. The van der Waals surface area contributed by atoms with Gasteiger partial charge in [-0.05, 0) is 65.9 Å². The molecule has 2 aromatic heterocycles. The summed E-state index contributed by atoms with van der Waals surface area (Å²) in [7, 11) is 1.64. The van der Waals surface area contributed by atoms with Gasteiger partial charge in [0.25, 0.3) is 5.56 Å². The highest BCUT2D eigenvalue weighted by Gasteiger charge is 2.32. The summed E-state index contributed by atoms with van der Waals surface area (Å²) < 4.78 is 13.8. The van der Waals surface area contributed by atoms with E-state index in [-0.39, 0.29) is 17.2 Å². The number of allylic oxidation sites excluding steroid dienone is 1. The van der Waals surface area contributed by atoms with Gasteiger partial charge in [0.15, 0.2) is 4.80 Å². The van der Waals surface area contributed by atoms with Crippen molar-refractivity contribution in [3.05, 3.63) is 138 Å². The number of carboxylic acid groups (broad SMARTS) is 1. The van der Waals surface area contributed by atoms with E-state index in [1.54, 1.807) is 36.0 Å². The molecular weight excluding hydrogens is 536 g/mol. The molecule has 7 nitrogen and oxygen atoms in total. The van der Waals surface area contributed by atoms with Crippen LogP contribution in [0, 0.1) is 0 Å². The third kappa shape index (κ3) is 4.33. The first-order chi connectivity index (χ1) is 20.0. The van der Waals surface area contributed by atoms with E-state index in [9.17, 15) is 9.59 Å². The Labute approximate surface area is 238 Å². The molecule has 1 N–H and O–H groups in total. The molecule has 1 aliphatic heterocycles. The summed E-state index contributed by atoms with van der Waals surface area (Å²) in [5.74, 6) is 0.896. The second kappa shape index (κ2) is 9.91. The second-order valence-electron chi connectivity index (χ2n) is 9.97. The molecule has 3 aromatic carbocycles. The lowest BCUT2D eigenvalue weighted by Gasteiger charge is -2.30. The first-order valence-electron chi connectivity index (χ1n) is 13.2. The van der Waals surface area contributed by atoms with Crippen molar-refractivity contribution in [1.82, 2.24) is 4.57 Å². The number of ether oxygens (including phenoxy) is 1. The van der Waals surface area contributed by atoms with Crippen LogP contribution in [-0.4, -0.2) is 22.8 Å². The smallest absolute Gasteiger partial charge is 0.335 e. The minimum absolute atomic E-state index is 0.122. The van der Waals surface area contributed by atoms with Crippen LogP contribution in [-0.2, 0) is 6.42 Å². The Morgan fingerprint density at radius 1 is 1.02 bits per heavy atom. The molecule has 2 aliphatic rings. The van der Waals surface area contributed by atoms with E-state index in [4.69, 9.17) is 19.3 Å². The third-order valence-corrected chi connectivity index (χ3v) is 8.60. The SMILES string of the molecule is COc1ccc([C@H]2C3=C(N=c4s/c(=C\c5ccc(-c6ccc(C(=O)O)cc6)o5)c(=O)n42)c2ccccc2CC3)cc1. The van der Waals surface area contributed by atoms with Crippen molar-refractivity contribution in [2.45, 2.75) is 18.9 Å². The maximum absolute atomic E-state index is 14.0. The van der Waals surface area contributed by atoms with Crippen LogP contribution in [0.25, 0.3) is 23.1 Å². The van der Waals surface area contributed by atoms with Crippen LogP contribution in [0.4, 0.5) is 0 Å². The fraction of sp³-hybridized carbons (Fsp3) is 0.121. The highest BCUT2D eigenvalue weighted by Crippen LogP contribution is 2.41. The molecule has 7 rings (SSSR count). The van der Waals surface area contributed by atoms with Gasteiger partial charge in [0.1, 0.15) is 17.3 Å². The van der Waals surface area contributed by atoms with Gasteiger partial charge in [-0.15, -0.1) is 0 Å². The zero-order valence-corrected chi connectivity index (χ0v) is 22.9. The van der Waals surface area contributed by atoms with Gasteiger partial charge in [0, 0.05) is 17.2 Å². The van der Waals surface area contributed by atoms with Crippen LogP contribution in [0.5, 0.6) is 5.75 Å². The lowest BCUT2D eigenvalue weighted by atomic mass is 9.83. The molecule has 0 bridgehead atoms. The summed E-state index contributed by atoms with van der Waals surface area (Å²) >= 11 is 1.35. The van der Waals surface area contributed by atoms with Crippen molar-refractivity contribution in [1.29, 1.82) is 0 Å². The van der Waals surface area contributed by atoms with Crippen LogP contribution < -0.4 is 19.6 Å². The molecule has 0 saturated heterocycles. The van der Waals surface area contributed by atoms with Gasteiger partial charge in [0.2, 0.25) is 0 Å². The van der Waals surface area contributed by atoms with Crippen molar-refractivity contribution in [3.8, 4) is 17.1 Å². The van der Waals surface area contributed by atoms with E-state index in [1.165, 1.54) is 29.0 Å². The van der Waals surface area contributed by atoms with Crippen molar-refractivity contribution >= 4 is 29.1 Å². The fourth-order valence-corrected chi connectivity index (χ4v) is 6.58. The number of methoxy groups -OCH3 is 1. The number of rotatable bonds is 5. The van der Waals surface area contributed by atoms with Crippen molar-refractivity contribution < 1.29 is 19.1 Å². The van der Waals surface area contributed by atoms with E-state index < -0.39 is 5.97 Å². The van der Waals surface area contributed by atoms with Crippen molar-refractivity contribution in [2.75, 3.05) is 7.11 Å². The minimum Gasteiger partial charge on any atom is -0.497 e. The summed E-state index contributed by atoms with van der Waals surface area (Å²) in [5, 5.41) is 9.17. The molecule has 1 aliphatic carbocycles. The Morgan fingerprint density at radius 3 is 2.56 bits per heavy atom. The number of carboxylic acids is 1. The number of fused-ring (bicyclic) bond motifs is 3. The van der Waals surface area contributed by atoms with Crippen molar-refractivity contribution in [2.24, 2.45) is 4.99 Å². The summed E-state index contributed by atoms with van der Waals surface area (Å²) in [5.41, 5.74) is 6.31. The van der Waals surface area contributed by atoms with Gasteiger partial charge in [-0.1, -0.05) is 59.9 Å². The Kier molecular flexibility index (Phi) is 6.05. The molecule has 0 unspecified atom stereocenters. The summed E-state index contributed by atoms with van der Waals surface area (Å²) in [6.07, 6.45) is 3.46. The Hall–Kier alpha value is -4.95. The van der Waals surface area contributed by atoms with Gasteiger partial charge in [-0.2, -0.15) is 0 Å². The predicted molar refractivity (Wildman–Crippen MR) is 157 cm³/mol. The first kappa shape index (κ1) is 25.0. The van der Waals surface area contributed by atoms with Crippen LogP contribution >= 0.6 is 11.3 Å². The number of benzene rings is 3. The summed E-state index contributed by atoms with van der Waals surface area (Å²) in [6, 6.07) is 26.1. The lowest BCUT2D eigenvalue weighted by molar-refractivity contribution is 0.0697. The average molecular weight is 561 g/mol. The number of thiazole rings is 1. The number of hydrogen-bond donors (Lipinski definition) is 1. The molecule has 202 valence electrons. The standard InChI is InChI=1S/C33H24N2O5S/c1-39-23-13-10-21(11-14-23)30-26-16-12-19-4-2-3-5-25(19)29(26)34-33-35(30)31(36)28(41-33)18-24-15-17-27(40-24)20-6-8-22(9-7-20)32(37)38/h2-11,13-15,17-18,30H,12,16H2,1H3,(H,37,38)/b28-18-/t30-/m0/s1. The van der Waals surface area contributed by atoms with E-state index in [0.717, 1.165) is 46.6 Å². The topological polar surface area (TPSA) is 94.0 Å². The monoisotopic (exact) mass is 560 g/mol. The van der Waals surface area contributed by atoms with E-state index >= 15 is 0 Å². The van der Waals surface area contributed by atoms with Crippen LogP contribution in [0.15, 0.2) is 105 Å². The summed E-state index contributed by atoms with van der Waals surface area (Å²) in [4.78, 5) is 30.8. The molecule has 0 fully saturated rings. The van der Waals surface area contributed by atoms with Crippen LogP contribution in [0.3, 0.4) is 0 Å². The third-order valence-electron chi connectivity index (χ3n) is 7.62. The van der Waals surface area contributed by atoms with Gasteiger partial charge in [-0.3, -0.25) is 9.36 Å². The van der Waals surface area contributed by atoms with Gasteiger partial charge in [-0.25, -0.2) is 9.79 Å². The lowest BCUT2D eigenvalue weighted by Crippen LogP contribution is -2.38. The van der Waals surface area contributed by atoms with Gasteiger partial charge < -0.3 is 14.3 Å². The quantitative estimate of drug-likeness (QED) is 0.316. The molecule has 0 radical (unpaired) electrons. The molecule has 0 amide bonds. The summed E-state index contributed by atoms with van der Waals surface area (Å²) in [6.45, 7) is 0. The maximum Gasteiger partial charge on any atom is 0.335 e. The van der Waals surface area contributed by atoms with E-state index in [1.807, 2.05) is 36.4 Å². The second-order valence-corrected chi connectivity index (χ2v) is 11.0. The number of aromatic nitrogens is 1. The number of aryl methyl sites for hydroxylation is 1. The first-order valence-corrected chi connectivity index (χ1v) is 14.0. The number of carbonyl (C=O) groups is 1. The molecule has 8 heteroatoms. The molecule has 41 heavy (non-hydrogen) atoms. The Bertz CT molecular complexity index is 2030. The molecule has 0 spiro atoms.